The van der Waals surface area contributed by atoms with Gasteiger partial charge in [-0.25, -0.2) is 0 Å². The number of hydrogen-bond acceptors (Lipinski definition) is 4. The van der Waals surface area contributed by atoms with Gasteiger partial charge in [0.05, 0.1) is 12.8 Å². The maximum Gasteiger partial charge on any atom is 0.122 e. The second-order valence-corrected chi connectivity index (χ2v) is 7.52. The highest BCUT2D eigenvalue weighted by atomic mass is 16.5. The molecular formula is C21H29N3O2. The van der Waals surface area contributed by atoms with Gasteiger partial charge in [0.2, 0.25) is 0 Å². The van der Waals surface area contributed by atoms with E-state index in [9.17, 15) is 0 Å². The maximum absolute atomic E-state index is 6.12. The molecule has 0 spiro atoms. The van der Waals surface area contributed by atoms with Crippen molar-refractivity contribution in [1.29, 1.82) is 0 Å². The number of ether oxygens (including phenoxy) is 2. The Balaban J connectivity index is 1.39. The lowest BCUT2D eigenvalue weighted by molar-refractivity contribution is -0.0330. The molecule has 1 N–H and O–H groups in total. The average Bonchev–Trinajstić information content (AvgIpc) is 3.11. The molecular weight excluding hydrogens is 326 g/mol. The van der Waals surface area contributed by atoms with Crippen molar-refractivity contribution < 1.29 is 9.47 Å². The van der Waals surface area contributed by atoms with E-state index in [0.717, 1.165) is 44.6 Å². The van der Waals surface area contributed by atoms with Crippen LogP contribution in [0.2, 0.25) is 0 Å². The lowest BCUT2D eigenvalue weighted by Crippen LogP contribution is -2.40. The van der Waals surface area contributed by atoms with Gasteiger partial charge in [0.15, 0.2) is 0 Å². The number of methoxy groups -OCH3 is 1. The van der Waals surface area contributed by atoms with E-state index in [1.54, 1.807) is 7.11 Å². The fraction of sp³-hybridized carbons (Fsp3) is 0.571. The molecule has 0 bridgehead atoms. The van der Waals surface area contributed by atoms with Crippen LogP contribution < -0.4 is 10.1 Å². The van der Waals surface area contributed by atoms with Crippen molar-refractivity contribution in [1.82, 2.24) is 15.1 Å². The molecule has 4 rings (SSSR count). The fourth-order valence-electron chi connectivity index (χ4n) is 4.50. The second-order valence-electron chi connectivity index (χ2n) is 7.52. The van der Waals surface area contributed by atoms with Gasteiger partial charge in [-0.15, -0.1) is 0 Å². The Labute approximate surface area is 155 Å². The van der Waals surface area contributed by atoms with Crippen LogP contribution in [-0.2, 0) is 24.6 Å². The van der Waals surface area contributed by atoms with Gasteiger partial charge in [0, 0.05) is 38.4 Å². The van der Waals surface area contributed by atoms with Gasteiger partial charge in [-0.3, -0.25) is 4.68 Å². The van der Waals surface area contributed by atoms with Crippen LogP contribution in [0.4, 0.5) is 0 Å². The van der Waals surface area contributed by atoms with Crippen molar-refractivity contribution in [2.24, 2.45) is 13.0 Å². The molecule has 1 aliphatic heterocycles. The van der Waals surface area contributed by atoms with E-state index in [4.69, 9.17) is 9.47 Å². The number of nitrogens with zero attached hydrogens (tertiary/aromatic N) is 2. The number of benzene rings is 1. The molecule has 1 unspecified atom stereocenters. The number of hydrogen-bond donors (Lipinski definition) is 1. The van der Waals surface area contributed by atoms with Gasteiger partial charge in [-0.05, 0) is 55.4 Å². The summed E-state index contributed by atoms with van der Waals surface area (Å²) in [4.78, 5) is 0. The molecule has 2 heterocycles. The van der Waals surface area contributed by atoms with Crippen LogP contribution in [-0.4, -0.2) is 36.1 Å². The molecule has 2 aliphatic rings. The lowest BCUT2D eigenvalue weighted by Gasteiger charge is -2.34. The van der Waals surface area contributed by atoms with Crippen molar-refractivity contribution in [3.05, 3.63) is 47.3 Å². The summed E-state index contributed by atoms with van der Waals surface area (Å²) in [5.41, 5.74) is 4.01. The van der Waals surface area contributed by atoms with Crippen molar-refractivity contribution in [2.75, 3.05) is 20.3 Å². The third-order valence-corrected chi connectivity index (χ3v) is 5.92. The maximum atomic E-state index is 6.12. The first-order valence-electron chi connectivity index (χ1n) is 9.74. The Kier molecular flexibility index (Phi) is 5.27. The van der Waals surface area contributed by atoms with E-state index < -0.39 is 0 Å². The fourth-order valence-corrected chi connectivity index (χ4v) is 4.50. The average molecular weight is 355 g/mol. The van der Waals surface area contributed by atoms with Crippen LogP contribution in [0.25, 0.3) is 0 Å². The molecule has 1 saturated heterocycles. The number of nitrogens with one attached hydrogen (secondary N) is 1. The van der Waals surface area contributed by atoms with Crippen molar-refractivity contribution in [3.8, 4) is 5.75 Å². The molecule has 1 aliphatic carbocycles. The Morgan fingerprint density at radius 2 is 2.23 bits per heavy atom. The first kappa shape index (κ1) is 17.6. The van der Waals surface area contributed by atoms with E-state index in [0.29, 0.717) is 12.0 Å². The predicted octanol–water partition coefficient (Wildman–Crippen LogP) is 3.04. The summed E-state index contributed by atoms with van der Waals surface area (Å²) in [6.45, 7) is 1.85. The first-order chi connectivity index (χ1) is 12.8. The summed E-state index contributed by atoms with van der Waals surface area (Å²) in [6, 6.07) is 9.04. The van der Waals surface area contributed by atoms with Crippen LogP contribution in [0.1, 0.15) is 42.2 Å². The summed E-state index contributed by atoms with van der Waals surface area (Å²) >= 11 is 0. The molecule has 0 saturated carbocycles. The van der Waals surface area contributed by atoms with Crippen LogP contribution in [0.3, 0.4) is 0 Å². The molecule has 1 aromatic carbocycles. The second kappa shape index (κ2) is 7.80. The molecule has 140 valence electrons. The van der Waals surface area contributed by atoms with Crippen molar-refractivity contribution in [2.45, 2.75) is 44.2 Å². The van der Waals surface area contributed by atoms with Gasteiger partial charge in [-0.1, -0.05) is 12.1 Å². The van der Waals surface area contributed by atoms with E-state index in [2.05, 4.69) is 34.7 Å². The molecule has 3 atom stereocenters. The zero-order chi connectivity index (χ0) is 17.9. The molecule has 5 nitrogen and oxygen atoms in total. The van der Waals surface area contributed by atoms with Crippen LogP contribution >= 0.6 is 0 Å². The van der Waals surface area contributed by atoms with Gasteiger partial charge in [0.25, 0.3) is 0 Å². The third kappa shape index (κ3) is 3.51. The molecule has 0 amide bonds. The molecule has 5 heteroatoms. The smallest absolute Gasteiger partial charge is 0.122 e. The molecule has 0 radical (unpaired) electrons. The van der Waals surface area contributed by atoms with E-state index in [1.807, 2.05) is 17.9 Å². The van der Waals surface area contributed by atoms with Crippen LogP contribution in [0, 0.1) is 5.92 Å². The zero-order valence-electron chi connectivity index (χ0n) is 15.8. The van der Waals surface area contributed by atoms with Gasteiger partial charge < -0.3 is 14.8 Å². The summed E-state index contributed by atoms with van der Waals surface area (Å²) in [5.74, 6) is 1.55. The van der Waals surface area contributed by atoms with E-state index >= 15 is 0 Å². The zero-order valence-corrected chi connectivity index (χ0v) is 15.8. The number of fused-ring (bicyclic) bond motifs is 1. The Morgan fingerprint density at radius 3 is 3.04 bits per heavy atom. The van der Waals surface area contributed by atoms with Gasteiger partial charge >= 0.3 is 0 Å². The highest BCUT2D eigenvalue weighted by Gasteiger charge is 2.30. The number of aryl methyl sites for hydroxylation is 1. The van der Waals surface area contributed by atoms with Gasteiger partial charge in [-0.2, -0.15) is 5.10 Å². The van der Waals surface area contributed by atoms with Gasteiger partial charge in [0.1, 0.15) is 11.9 Å². The third-order valence-electron chi connectivity index (χ3n) is 5.92. The Morgan fingerprint density at radius 1 is 1.31 bits per heavy atom. The first-order valence-corrected chi connectivity index (χ1v) is 9.74. The number of aromatic nitrogens is 2. The molecule has 1 aromatic heterocycles. The largest absolute Gasteiger partial charge is 0.496 e. The van der Waals surface area contributed by atoms with Crippen LogP contribution in [0.5, 0.6) is 5.75 Å². The summed E-state index contributed by atoms with van der Waals surface area (Å²) in [5, 5.41) is 8.15. The highest BCUT2D eigenvalue weighted by Crippen LogP contribution is 2.34. The van der Waals surface area contributed by atoms with Crippen molar-refractivity contribution in [3.63, 3.8) is 0 Å². The molecule has 26 heavy (non-hydrogen) atoms. The lowest BCUT2D eigenvalue weighted by atomic mass is 9.86. The summed E-state index contributed by atoms with van der Waals surface area (Å²) in [7, 11) is 3.77. The quantitative estimate of drug-likeness (QED) is 0.896. The topological polar surface area (TPSA) is 48.3 Å². The molecule has 2 aromatic rings. The summed E-state index contributed by atoms with van der Waals surface area (Å²) in [6.07, 6.45) is 7.70. The van der Waals surface area contributed by atoms with E-state index in [-0.39, 0.29) is 6.10 Å². The monoisotopic (exact) mass is 355 g/mol. The summed E-state index contributed by atoms with van der Waals surface area (Å²) < 4.78 is 13.6. The minimum Gasteiger partial charge on any atom is -0.496 e. The Bertz CT molecular complexity index is 743. The number of rotatable bonds is 5. The SMILES string of the molecule is COc1cccc2c1CCC(NC[C@@H]1CCCO[C@H]1c1ccnn1C)C2. The van der Waals surface area contributed by atoms with E-state index in [1.165, 1.54) is 23.2 Å². The predicted molar refractivity (Wildman–Crippen MR) is 101 cm³/mol. The minimum absolute atomic E-state index is 0.153. The standard InChI is InChI=1S/C21H29N3O2/c1-24-19(10-11-23-24)21-16(6-4-12-26-21)14-22-17-8-9-18-15(13-17)5-3-7-20(18)25-2/h3,5,7,10-11,16-17,21-22H,4,6,8-9,12-14H2,1-2H3/t16-,17?,21+/m0/s1. The highest BCUT2D eigenvalue weighted by molar-refractivity contribution is 5.42. The van der Waals surface area contributed by atoms with Crippen molar-refractivity contribution >= 4 is 0 Å². The Hall–Kier alpha value is -1.85. The molecule has 1 fully saturated rings. The normalized spacial score (nSPS) is 25.7. The van der Waals surface area contributed by atoms with Crippen LogP contribution in [0.15, 0.2) is 30.5 Å². The minimum atomic E-state index is 0.153.